The molecule has 0 saturated carbocycles. The Kier molecular flexibility index (Phi) is 1.26. The summed E-state index contributed by atoms with van der Waals surface area (Å²) in [7, 11) is 6.92. The maximum Gasteiger partial charge on any atom is 0.141 e. The predicted octanol–water partition coefficient (Wildman–Crippen LogP) is -0.222. The first kappa shape index (κ1) is 6.91. The summed E-state index contributed by atoms with van der Waals surface area (Å²) in [5, 5.41) is 0. The first-order valence-corrected chi connectivity index (χ1v) is 2.69. The van der Waals surface area contributed by atoms with Crippen LogP contribution in [0.25, 0.3) is 0 Å². The Hall–Kier alpha value is -0.200. The molecule has 54 valence electrons. The summed E-state index contributed by atoms with van der Waals surface area (Å²) in [6.07, 6.45) is 0. The fourth-order valence-corrected chi connectivity index (χ4v) is 0.661. The van der Waals surface area contributed by atoms with Crippen molar-refractivity contribution in [1.82, 2.24) is 0 Å². The largest absolute Gasteiger partial charge is 0.141 e. The highest BCUT2D eigenvalue weighted by Crippen LogP contribution is 2.19. The Morgan fingerprint density at radius 3 is 1.22 bits per heavy atom. The van der Waals surface area contributed by atoms with Gasteiger partial charge in [-0.05, 0) is 0 Å². The highest BCUT2D eigenvalue weighted by Gasteiger charge is 2.47. The van der Waals surface area contributed by atoms with E-state index >= 15 is 0 Å². The van der Waals surface area contributed by atoms with Crippen LogP contribution in [0.5, 0.6) is 0 Å². The van der Waals surface area contributed by atoms with E-state index in [1.807, 2.05) is 0 Å². The van der Waals surface area contributed by atoms with Crippen molar-refractivity contribution in [3.63, 3.8) is 0 Å². The van der Waals surface area contributed by atoms with Gasteiger partial charge < -0.3 is 0 Å². The van der Waals surface area contributed by atoms with E-state index in [1.54, 1.807) is 28.2 Å². The van der Waals surface area contributed by atoms with E-state index in [0.717, 1.165) is 0 Å². The Morgan fingerprint density at radius 1 is 0.778 bits per heavy atom. The van der Waals surface area contributed by atoms with Crippen LogP contribution in [0.1, 0.15) is 0 Å². The molecule has 1 aliphatic rings. The Bertz CT molecular complexity index is 109. The molecular weight excluding hydrogens is 124 g/mol. The normalized spacial score (nSPS) is 30.7. The molecule has 9 heavy (non-hydrogen) atoms. The Labute approximate surface area is 53.9 Å². The zero-order valence-corrected chi connectivity index (χ0v) is 6.12. The third-order valence-electron chi connectivity index (χ3n) is 0.786. The zero-order chi connectivity index (χ0) is 7.12. The fourth-order valence-electron chi connectivity index (χ4n) is 0.661. The first-order valence-electron chi connectivity index (χ1n) is 2.69. The van der Waals surface area contributed by atoms with Crippen molar-refractivity contribution in [2.24, 2.45) is 0 Å². The molecule has 0 N–H and O–H groups in total. The molecule has 0 spiro atoms. The van der Waals surface area contributed by atoms with E-state index in [2.05, 4.69) is 0 Å². The van der Waals surface area contributed by atoms with E-state index < -0.39 is 0 Å². The van der Waals surface area contributed by atoms with Crippen molar-refractivity contribution >= 4 is 0 Å². The van der Waals surface area contributed by atoms with Crippen LogP contribution in [0.2, 0.25) is 0 Å². The van der Waals surface area contributed by atoms with Gasteiger partial charge >= 0.3 is 0 Å². The third kappa shape index (κ3) is 1.60. The molecule has 5 heteroatoms. The SMILES string of the molecule is C[N+]1(C)OO[N+](C)(C)O1. The second-order valence-electron chi connectivity index (χ2n) is 2.73. The van der Waals surface area contributed by atoms with Gasteiger partial charge in [-0.25, -0.2) is 0 Å². The highest BCUT2D eigenvalue weighted by molar-refractivity contribution is 3.72. The standard InChI is InChI=1S/C4H12N2O3/c1-5(2)7-6(3,4)9-8-5/h1-4H3/q+2. The zero-order valence-electron chi connectivity index (χ0n) is 6.12. The Balaban J connectivity index is 2.58. The molecule has 0 unspecified atom stereocenters. The monoisotopic (exact) mass is 136 g/mol. The lowest BCUT2D eigenvalue weighted by Gasteiger charge is -2.09. The van der Waals surface area contributed by atoms with Crippen molar-refractivity contribution in [3.8, 4) is 0 Å². The molecule has 1 rings (SSSR count). The predicted molar refractivity (Wildman–Crippen MR) is 27.5 cm³/mol. The van der Waals surface area contributed by atoms with Crippen molar-refractivity contribution in [2.45, 2.75) is 0 Å². The molecule has 1 aliphatic heterocycles. The summed E-state index contributed by atoms with van der Waals surface area (Å²) in [6.45, 7) is 0. The van der Waals surface area contributed by atoms with Crippen LogP contribution in [-0.2, 0) is 14.9 Å². The molecule has 5 nitrogen and oxygen atoms in total. The van der Waals surface area contributed by atoms with E-state index in [9.17, 15) is 0 Å². The number of hydrogen-bond acceptors (Lipinski definition) is 3. The van der Waals surface area contributed by atoms with Crippen LogP contribution < -0.4 is 0 Å². The molecular formula is C4H12N2O3+2. The molecule has 1 heterocycles. The van der Waals surface area contributed by atoms with Gasteiger partial charge in [0, 0.05) is 9.62 Å². The van der Waals surface area contributed by atoms with Crippen LogP contribution in [-0.4, -0.2) is 37.8 Å². The van der Waals surface area contributed by atoms with Crippen molar-refractivity contribution in [3.05, 3.63) is 0 Å². The summed E-state index contributed by atoms with van der Waals surface area (Å²) in [6, 6.07) is 0. The van der Waals surface area contributed by atoms with E-state index in [0.29, 0.717) is 0 Å². The molecule has 0 amide bonds. The summed E-state index contributed by atoms with van der Waals surface area (Å²) < 4.78 is 0. The van der Waals surface area contributed by atoms with E-state index in [-0.39, 0.29) is 9.62 Å². The Morgan fingerprint density at radius 2 is 1.11 bits per heavy atom. The number of rotatable bonds is 0. The highest BCUT2D eigenvalue weighted by atomic mass is 17.5. The van der Waals surface area contributed by atoms with Crippen LogP contribution in [0.4, 0.5) is 0 Å². The van der Waals surface area contributed by atoms with Gasteiger partial charge in [0.1, 0.15) is 28.2 Å². The number of hydrogen-bond donors (Lipinski definition) is 0. The minimum absolute atomic E-state index is 0.0347. The van der Waals surface area contributed by atoms with Gasteiger partial charge in [-0.15, -0.1) is 0 Å². The van der Waals surface area contributed by atoms with Gasteiger partial charge in [0.15, 0.2) is 0 Å². The summed E-state index contributed by atoms with van der Waals surface area (Å²) in [5.41, 5.74) is 0. The molecule has 0 aromatic heterocycles. The summed E-state index contributed by atoms with van der Waals surface area (Å²) in [4.78, 5) is 14.6. The number of nitrogens with zero attached hydrogens (tertiary/aromatic N) is 2. The van der Waals surface area contributed by atoms with Crippen molar-refractivity contribution < 1.29 is 24.5 Å². The molecule has 0 aliphatic carbocycles. The number of quaternary nitrogens is 2. The second kappa shape index (κ2) is 1.65. The lowest BCUT2D eigenvalue weighted by molar-refractivity contribution is -1.34. The smallest absolute Gasteiger partial charge is 0.0457 e. The van der Waals surface area contributed by atoms with Crippen LogP contribution in [0.15, 0.2) is 0 Å². The van der Waals surface area contributed by atoms with Crippen LogP contribution in [0.3, 0.4) is 0 Å². The summed E-state index contributed by atoms with van der Waals surface area (Å²) >= 11 is 0. The van der Waals surface area contributed by atoms with Crippen molar-refractivity contribution in [2.75, 3.05) is 28.2 Å². The van der Waals surface area contributed by atoms with Crippen LogP contribution in [0, 0.1) is 0 Å². The lowest BCUT2D eigenvalue weighted by atomic mass is 11.1. The molecule has 1 saturated heterocycles. The fraction of sp³-hybridized carbons (Fsp3) is 1.00. The topological polar surface area (TPSA) is 27.7 Å². The quantitative estimate of drug-likeness (QED) is 0.340. The van der Waals surface area contributed by atoms with Crippen molar-refractivity contribution in [1.29, 1.82) is 0 Å². The average Bonchev–Trinajstić information content (AvgIpc) is 1.78. The molecule has 0 radical (unpaired) electrons. The first-order chi connectivity index (χ1) is 3.91. The lowest BCUT2D eigenvalue weighted by Crippen LogP contribution is -2.40. The minimum atomic E-state index is -0.0347. The van der Waals surface area contributed by atoms with Crippen LogP contribution >= 0.6 is 0 Å². The van der Waals surface area contributed by atoms with Gasteiger partial charge in [-0.1, -0.05) is 0 Å². The molecule has 0 bridgehead atoms. The minimum Gasteiger partial charge on any atom is 0.0457 e. The number of hydroxylamine groups is 8. The molecule has 1 fully saturated rings. The van der Waals surface area contributed by atoms with E-state index in [1.165, 1.54) is 0 Å². The maximum absolute atomic E-state index is 5.17. The van der Waals surface area contributed by atoms with Gasteiger partial charge in [0.25, 0.3) is 0 Å². The molecule has 0 aromatic rings. The third-order valence-corrected chi connectivity index (χ3v) is 0.786. The average molecular weight is 136 g/mol. The van der Waals surface area contributed by atoms with Gasteiger partial charge in [0.2, 0.25) is 0 Å². The molecule has 0 atom stereocenters. The van der Waals surface area contributed by atoms with E-state index in [4.69, 9.17) is 14.9 Å². The van der Waals surface area contributed by atoms with Gasteiger partial charge in [-0.2, -0.15) is 0 Å². The van der Waals surface area contributed by atoms with Gasteiger partial charge in [-0.3, -0.25) is 0 Å². The molecule has 0 aromatic carbocycles. The maximum atomic E-state index is 5.17. The second-order valence-corrected chi connectivity index (χ2v) is 2.73. The summed E-state index contributed by atoms with van der Waals surface area (Å²) in [5.74, 6) is 0. The van der Waals surface area contributed by atoms with Gasteiger partial charge in [0.05, 0.1) is 14.9 Å².